The lowest BCUT2D eigenvalue weighted by Gasteiger charge is -2.25. The van der Waals surface area contributed by atoms with Crippen LogP contribution in [0.4, 0.5) is 0 Å². The predicted octanol–water partition coefficient (Wildman–Crippen LogP) is -9.34. The zero-order valence-electron chi connectivity index (χ0n) is 35.6. The molecule has 370 valence electrons. The molecule has 0 bridgehead atoms. The highest BCUT2D eigenvalue weighted by molar-refractivity contribution is 7.46. The van der Waals surface area contributed by atoms with Crippen molar-refractivity contribution in [1.29, 1.82) is 0 Å². The van der Waals surface area contributed by atoms with Gasteiger partial charge in [0.1, 0.15) is 36.3 Å². The highest BCUT2D eigenvalue weighted by Crippen LogP contribution is 2.35. The van der Waals surface area contributed by atoms with Crippen LogP contribution in [-0.4, -0.2) is 167 Å². The third-order valence-corrected chi connectivity index (χ3v) is 9.02. The topological polar surface area (TPSA) is 552 Å². The van der Waals surface area contributed by atoms with Gasteiger partial charge in [0, 0.05) is 13.1 Å². The number of hydrogen-bond acceptors (Lipinski definition) is 16. The van der Waals surface area contributed by atoms with Crippen molar-refractivity contribution in [2.75, 3.05) is 39.4 Å². The van der Waals surface area contributed by atoms with Crippen molar-refractivity contribution in [3.8, 4) is 0 Å². The first-order chi connectivity index (χ1) is 30.3. The number of hydrogen-bond donors (Lipinski definition) is 18. The molecule has 0 aliphatic rings. The Hall–Kier alpha value is -6.24. The summed E-state index contributed by atoms with van der Waals surface area (Å²) >= 11 is 0. The second kappa shape index (κ2) is 30.8. The maximum Gasteiger partial charge on any atom is 0.469 e. The van der Waals surface area contributed by atoms with Crippen LogP contribution in [0.15, 0.2) is 9.98 Å². The van der Waals surface area contributed by atoms with Crippen LogP contribution in [0.3, 0.4) is 0 Å². The summed E-state index contributed by atoms with van der Waals surface area (Å²) in [6, 6.07) is -11.1. The standard InChI is InChI=1S/C33H63N16O15P/c1-16(25(53)47-19(31(59)60)8-5-11-42-33(39)40)44-28(56)20(12-23(36)51)48-29(57)21(14-50)49-30(58)22(15-64-65(61,62)63)45-24(52)13-43-27(55)18(7-2-3-9-34)46-26(54)17(35)6-4-10-41-32(37)38/h16-22,50H,2-15,34-35H2,1H3,(H2,36,51)(H,43,55)(H,44,56)(H,45,52)(H,46,54)(H,47,53)(H,48,57)(H,49,58)(H,59,60)(H4,37,38,41)(H4,39,40,42)(H2,61,62,63)/t16-,17-,18-,19-,20-,21-,22-/m0/s1. The minimum Gasteiger partial charge on any atom is -0.480 e. The molecule has 8 amide bonds. The van der Waals surface area contributed by atoms with E-state index in [1.54, 1.807) is 0 Å². The predicted molar refractivity (Wildman–Crippen MR) is 227 cm³/mol. The molecule has 7 atom stereocenters. The molecular weight excluding hydrogens is 891 g/mol. The van der Waals surface area contributed by atoms with Crippen molar-refractivity contribution in [3.05, 3.63) is 0 Å². The normalized spacial score (nSPS) is 14.2. The van der Waals surface area contributed by atoms with Crippen LogP contribution in [0.2, 0.25) is 0 Å². The van der Waals surface area contributed by atoms with E-state index in [9.17, 15) is 67.7 Å². The highest BCUT2D eigenvalue weighted by Gasteiger charge is 2.33. The third kappa shape index (κ3) is 26.9. The Kier molecular flexibility index (Phi) is 27.8. The van der Waals surface area contributed by atoms with Crippen molar-refractivity contribution >= 4 is 73.0 Å². The molecule has 32 heteroatoms. The summed E-state index contributed by atoms with van der Waals surface area (Å²) in [4.78, 5) is 140. The van der Waals surface area contributed by atoms with Gasteiger partial charge < -0.3 is 97.4 Å². The maximum absolute atomic E-state index is 13.3. The van der Waals surface area contributed by atoms with Crippen LogP contribution in [0.1, 0.15) is 58.3 Å². The Labute approximate surface area is 372 Å². The monoisotopic (exact) mass is 954 g/mol. The first-order valence-corrected chi connectivity index (χ1v) is 21.3. The number of aliphatic hydroxyl groups excluding tert-OH is 1. The third-order valence-electron chi connectivity index (χ3n) is 8.53. The van der Waals surface area contributed by atoms with Crippen molar-refractivity contribution < 1.29 is 72.2 Å². The summed E-state index contributed by atoms with van der Waals surface area (Å²) in [5, 5.41) is 34.6. The van der Waals surface area contributed by atoms with Gasteiger partial charge in [-0.3, -0.25) is 52.9 Å². The Balaban J connectivity index is 5.86. The molecule has 0 aromatic carbocycles. The van der Waals surface area contributed by atoms with E-state index in [1.807, 2.05) is 10.6 Å². The number of amides is 8. The summed E-state index contributed by atoms with van der Waals surface area (Å²) < 4.78 is 15.8. The molecule has 0 aromatic heterocycles. The van der Waals surface area contributed by atoms with Crippen molar-refractivity contribution in [2.45, 2.75) is 101 Å². The minimum atomic E-state index is -5.31. The van der Waals surface area contributed by atoms with Gasteiger partial charge in [0.2, 0.25) is 47.3 Å². The zero-order valence-corrected chi connectivity index (χ0v) is 36.5. The number of primary amides is 1. The number of guanidine groups is 2. The van der Waals surface area contributed by atoms with E-state index < -0.39 is 130 Å². The summed E-state index contributed by atoms with van der Waals surface area (Å²) in [5.74, 6) is -10.6. The van der Waals surface area contributed by atoms with Gasteiger partial charge in [-0.25, -0.2) is 9.36 Å². The van der Waals surface area contributed by atoms with Crippen LogP contribution in [0.25, 0.3) is 0 Å². The fraction of sp³-hybridized carbons (Fsp3) is 0.667. The molecule has 0 aromatic rings. The summed E-state index contributed by atoms with van der Waals surface area (Å²) in [7, 11) is -5.31. The number of carboxylic acids is 1. The Bertz CT molecular complexity index is 1740. The average Bonchev–Trinajstić information content (AvgIpc) is 3.21. The Morgan fingerprint density at radius 3 is 1.66 bits per heavy atom. The minimum absolute atomic E-state index is 0.0529. The quantitative estimate of drug-likeness (QED) is 0.0126. The number of nitrogens with zero attached hydrogens (tertiary/aromatic N) is 2. The molecule has 0 rings (SSSR count). The van der Waals surface area contributed by atoms with E-state index in [4.69, 9.17) is 40.1 Å². The van der Waals surface area contributed by atoms with E-state index >= 15 is 0 Å². The van der Waals surface area contributed by atoms with E-state index in [0.717, 1.165) is 6.92 Å². The number of phosphoric ester groups is 1. The van der Waals surface area contributed by atoms with E-state index in [1.165, 1.54) is 0 Å². The molecule has 0 fully saturated rings. The Morgan fingerprint density at radius 1 is 0.631 bits per heavy atom. The number of carbonyl (C=O) groups is 9. The number of unbranched alkanes of at least 4 members (excludes halogenated alkanes) is 1. The number of phosphoric acid groups is 1. The summed E-state index contributed by atoms with van der Waals surface area (Å²) in [6.45, 7) is -1.68. The van der Waals surface area contributed by atoms with Gasteiger partial charge in [-0.05, 0) is 58.4 Å². The van der Waals surface area contributed by atoms with E-state index in [-0.39, 0.29) is 57.2 Å². The first-order valence-electron chi connectivity index (χ1n) is 19.8. The van der Waals surface area contributed by atoms with E-state index in [0.29, 0.717) is 19.3 Å². The fourth-order valence-electron chi connectivity index (χ4n) is 5.17. The molecule has 0 aliphatic heterocycles. The first kappa shape index (κ1) is 58.8. The van der Waals surface area contributed by atoms with Gasteiger partial charge >= 0.3 is 13.8 Å². The molecule has 25 N–H and O–H groups in total. The van der Waals surface area contributed by atoms with Gasteiger partial charge in [0.15, 0.2) is 11.9 Å². The van der Waals surface area contributed by atoms with Crippen LogP contribution in [0, 0.1) is 0 Å². The molecule has 0 heterocycles. The van der Waals surface area contributed by atoms with Gasteiger partial charge in [-0.2, -0.15) is 0 Å². The van der Waals surface area contributed by atoms with E-state index in [2.05, 4.69) is 41.1 Å². The molecule has 31 nitrogen and oxygen atoms in total. The van der Waals surface area contributed by atoms with Crippen molar-refractivity contribution in [2.24, 2.45) is 50.1 Å². The largest absolute Gasteiger partial charge is 0.480 e. The lowest BCUT2D eigenvalue weighted by atomic mass is 10.1. The lowest BCUT2D eigenvalue weighted by molar-refractivity contribution is -0.142. The second-order valence-corrected chi connectivity index (χ2v) is 15.3. The van der Waals surface area contributed by atoms with Crippen LogP contribution >= 0.6 is 7.82 Å². The van der Waals surface area contributed by atoms with Crippen molar-refractivity contribution in [3.63, 3.8) is 0 Å². The van der Waals surface area contributed by atoms with Gasteiger partial charge in [-0.1, -0.05) is 0 Å². The van der Waals surface area contributed by atoms with Gasteiger partial charge in [-0.15, -0.1) is 0 Å². The van der Waals surface area contributed by atoms with Crippen LogP contribution < -0.4 is 77.4 Å². The molecule has 0 saturated heterocycles. The molecule has 0 aliphatic carbocycles. The zero-order chi connectivity index (χ0) is 49.9. The van der Waals surface area contributed by atoms with Crippen molar-refractivity contribution in [1.82, 2.24) is 37.2 Å². The number of aliphatic hydroxyl groups is 1. The van der Waals surface area contributed by atoms with Crippen LogP contribution in [0.5, 0.6) is 0 Å². The average molecular weight is 955 g/mol. The number of carboxylic acid groups (broad SMARTS) is 1. The number of nitrogens with two attached hydrogens (primary N) is 7. The number of aliphatic carboxylic acids is 1. The van der Waals surface area contributed by atoms with Gasteiger partial charge in [0.25, 0.3) is 0 Å². The number of aliphatic imine (C=N–C) groups is 2. The maximum atomic E-state index is 13.3. The van der Waals surface area contributed by atoms with Crippen LogP contribution in [-0.2, 0) is 52.2 Å². The Morgan fingerprint density at radius 2 is 1.14 bits per heavy atom. The number of carbonyl (C=O) groups excluding carboxylic acids is 8. The second-order valence-electron chi connectivity index (χ2n) is 14.1. The SMILES string of the molecule is C[C@H](NC(=O)[C@H](CC(N)=O)NC(=O)[C@H](CO)NC(=O)[C@H](COP(=O)(O)O)NC(=O)CNC(=O)[C@H](CCCCN)NC(=O)[C@@H](N)CCCN=C(N)N)C(=O)N[C@@H](CCCN=C(N)N)C(=O)O. The molecule has 0 radical (unpaired) electrons. The number of nitrogens with one attached hydrogen (secondary N) is 7. The fourth-order valence-corrected chi connectivity index (χ4v) is 5.51. The molecular formula is C33H63N16O15P. The lowest BCUT2D eigenvalue weighted by Crippen LogP contribution is -2.60. The summed E-state index contributed by atoms with van der Waals surface area (Å²) in [6.07, 6.45) is 0.515. The summed E-state index contributed by atoms with van der Waals surface area (Å²) in [5.41, 5.74) is 37.7. The smallest absolute Gasteiger partial charge is 0.469 e. The highest BCUT2D eigenvalue weighted by atomic mass is 31.2. The molecule has 0 spiro atoms. The van der Waals surface area contributed by atoms with Gasteiger partial charge in [0.05, 0.1) is 32.2 Å². The molecule has 0 saturated carbocycles. The molecule has 65 heavy (non-hydrogen) atoms. The number of rotatable bonds is 33. The molecule has 0 unspecified atom stereocenters.